The predicted octanol–water partition coefficient (Wildman–Crippen LogP) is 0.669. The van der Waals surface area contributed by atoms with E-state index in [0.717, 1.165) is 6.42 Å². The van der Waals surface area contributed by atoms with Crippen LogP contribution in [0, 0.1) is 5.41 Å². The molecular formula is C13H20N2O4S. The van der Waals surface area contributed by atoms with Crippen molar-refractivity contribution in [2.75, 3.05) is 18.2 Å². The van der Waals surface area contributed by atoms with Gasteiger partial charge in [-0.1, -0.05) is 6.92 Å². The number of aliphatic carboxylic acids is 1. The number of amides is 2. The highest BCUT2D eigenvalue weighted by molar-refractivity contribution is 7.99. The molecule has 1 aliphatic carbocycles. The van der Waals surface area contributed by atoms with Crippen molar-refractivity contribution < 1.29 is 19.5 Å². The van der Waals surface area contributed by atoms with Crippen LogP contribution in [0.25, 0.3) is 0 Å². The number of hydrogen-bond acceptors (Lipinski definition) is 4. The highest BCUT2D eigenvalue weighted by atomic mass is 32.2. The number of nitrogens with one attached hydrogen (secondary N) is 1. The van der Waals surface area contributed by atoms with Crippen molar-refractivity contribution in [3.05, 3.63) is 0 Å². The van der Waals surface area contributed by atoms with Crippen LogP contribution in [0.3, 0.4) is 0 Å². The molecule has 1 aliphatic heterocycles. The maximum Gasteiger partial charge on any atom is 0.311 e. The fraction of sp³-hybridized carbons (Fsp3) is 0.769. The molecule has 6 nitrogen and oxygen atoms in total. The molecule has 0 aromatic heterocycles. The molecule has 1 saturated heterocycles. The van der Waals surface area contributed by atoms with E-state index in [-0.39, 0.29) is 18.4 Å². The standard InChI is InChI=1S/C13H20N2O4S/c1-2-3-10(16)15-8-20-6-9(15)11(17)14-7-13(4-5-13)12(18)19/h9H,2-8H2,1H3,(H,14,17)(H,18,19). The predicted molar refractivity (Wildman–Crippen MR) is 75.2 cm³/mol. The number of hydrogen-bond donors (Lipinski definition) is 2. The molecule has 7 heteroatoms. The topological polar surface area (TPSA) is 86.7 Å². The molecule has 0 aromatic rings. The van der Waals surface area contributed by atoms with Crippen LogP contribution in [0.2, 0.25) is 0 Å². The van der Waals surface area contributed by atoms with Gasteiger partial charge in [-0.25, -0.2) is 0 Å². The minimum Gasteiger partial charge on any atom is -0.481 e. The quantitative estimate of drug-likeness (QED) is 0.753. The minimum absolute atomic E-state index is 0.00276. The van der Waals surface area contributed by atoms with E-state index in [1.54, 1.807) is 16.7 Å². The smallest absolute Gasteiger partial charge is 0.311 e. The lowest BCUT2D eigenvalue weighted by atomic mass is 10.1. The van der Waals surface area contributed by atoms with E-state index >= 15 is 0 Å². The Balaban J connectivity index is 1.88. The SMILES string of the molecule is CCCC(=O)N1CSCC1C(=O)NCC1(C(=O)O)CC1. The van der Waals surface area contributed by atoms with Gasteiger partial charge in [0.25, 0.3) is 0 Å². The van der Waals surface area contributed by atoms with E-state index < -0.39 is 17.4 Å². The number of carboxylic acids is 1. The number of carboxylic acid groups (broad SMARTS) is 1. The molecule has 0 bridgehead atoms. The van der Waals surface area contributed by atoms with Gasteiger partial charge in [0.15, 0.2) is 0 Å². The van der Waals surface area contributed by atoms with Crippen molar-refractivity contribution in [3.8, 4) is 0 Å². The first kappa shape index (κ1) is 15.2. The van der Waals surface area contributed by atoms with Crippen molar-refractivity contribution in [1.29, 1.82) is 0 Å². The van der Waals surface area contributed by atoms with Crippen LogP contribution >= 0.6 is 11.8 Å². The van der Waals surface area contributed by atoms with Crippen molar-refractivity contribution >= 4 is 29.5 Å². The Bertz CT molecular complexity index is 423. The summed E-state index contributed by atoms with van der Waals surface area (Å²) in [5, 5.41) is 11.8. The monoisotopic (exact) mass is 300 g/mol. The van der Waals surface area contributed by atoms with E-state index in [1.807, 2.05) is 6.92 Å². The van der Waals surface area contributed by atoms with Gasteiger partial charge in [-0.2, -0.15) is 0 Å². The fourth-order valence-electron chi connectivity index (χ4n) is 2.25. The molecule has 1 saturated carbocycles. The van der Waals surface area contributed by atoms with Crippen LogP contribution in [0.15, 0.2) is 0 Å². The van der Waals surface area contributed by atoms with Gasteiger partial charge in [-0.3, -0.25) is 14.4 Å². The van der Waals surface area contributed by atoms with Crippen LogP contribution in [-0.2, 0) is 14.4 Å². The second kappa shape index (κ2) is 6.03. The third-order valence-electron chi connectivity index (χ3n) is 3.88. The van der Waals surface area contributed by atoms with Crippen LogP contribution in [-0.4, -0.2) is 52.0 Å². The summed E-state index contributed by atoms with van der Waals surface area (Å²) in [5.74, 6) is 0.0454. The van der Waals surface area contributed by atoms with E-state index in [0.29, 0.717) is 30.9 Å². The van der Waals surface area contributed by atoms with Gasteiger partial charge in [-0.05, 0) is 19.3 Å². The Morgan fingerprint density at radius 2 is 2.10 bits per heavy atom. The number of thioether (sulfide) groups is 1. The van der Waals surface area contributed by atoms with Gasteiger partial charge in [0, 0.05) is 18.7 Å². The van der Waals surface area contributed by atoms with Crippen molar-refractivity contribution in [3.63, 3.8) is 0 Å². The van der Waals surface area contributed by atoms with Gasteiger partial charge in [0.2, 0.25) is 11.8 Å². The number of carbonyl (C=O) groups excluding carboxylic acids is 2. The van der Waals surface area contributed by atoms with Gasteiger partial charge < -0.3 is 15.3 Å². The summed E-state index contributed by atoms with van der Waals surface area (Å²) in [6.45, 7) is 2.10. The molecule has 2 fully saturated rings. The molecule has 1 atom stereocenters. The number of carbonyl (C=O) groups is 3. The second-order valence-corrected chi connectivity index (χ2v) is 6.43. The van der Waals surface area contributed by atoms with Gasteiger partial charge in [0.05, 0.1) is 11.3 Å². The lowest BCUT2D eigenvalue weighted by Crippen LogP contribution is -2.48. The minimum atomic E-state index is -0.850. The molecule has 2 aliphatic rings. The molecule has 2 N–H and O–H groups in total. The molecule has 2 rings (SSSR count). The van der Waals surface area contributed by atoms with Crippen LogP contribution in [0.4, 0.5) is 0 Å². The van der Waals surface area contributed by atoms with Crippen molar-refractivity contribution in [2.24, 2.45) is 5.41 Å². The third-order valence-corrected chi connectivity index (χ3v) is 4.89. The van der Waals surface area contributed by atoms with Crippen LogP contribution in [0.5, 0.6) is 0 Å². The zero-order valence-corrected chi connectivity index (χ0v) is 12.4. The van der Waals surface area contributed by atoms with E-state index in [9.17, 15) is 14.4 Å². The van der Waals surface area contributed by atoms with Crippen molar-refractivity contribution in [1.82, 2.24) is 10.2 Å². The molecular weight excluding hydrogens is 280 g/mol. The third kappa shape index (κ3) is 3.08. The van der Waals surface area contributed by atoms with Gasteiger partial charge >= 0.3 is 5.97 Å². The molecule has 2 amide bonds. The lowest BCUT2D eigenvalue weighted by molar-refractivity contribution is -0.144. The Morgan fingerprint density at radius 3 is 2.65 bits per heavy atom. The molecule has 1 heterocycles. The summed E-state index contributed by atoms with van der Waals surface area (Å²) in [6.07, 6.45) is 2.43. The first-order chi connectivity index (χ1) is 9.50. The second-order valence-electron chi connectivity index (χ2n) is 5.43. The summed E-state index contributed by atoms with van der Waals surface area (Å²) in [4.78, 5) is 36.7. The van der Waals surface area contributed by atoms with E-state index in [4.69, 9.17) is 5.11 Å². The zero-order chi connectivity index (χ0) is 14.8. The highest BCUT2D eigenvalue weighted by Gasteiger charge is 2.50. The average molecular weight is 300 g/mol. The lowest BCUT2D eigenvalue weighted by Gasteiger charge is -2.23. The molecule has 0 radical (unpaired) electrons. The summed E-state index contributed by atoms with van der Waals surface area (Å²) >= 11 is 1.56. The highest BCUT2D eigenvalue weighted by Crippen LogP contribution is 2.45. The Labute approximate surface area is 122 Å². The summed E-state index contributed by atoms with van der Waals surface area (Å²) in [6, 6.07) is -0.455. The maximum absolute atomic E-state index is 12.2. The molecule has 0 spiro atoms. The Morgan fingerprint density at radius 1 is 1.40 bits per heavy atom. The van der Waals surface area contributed by atoms with E-state index in [1.165, 1.54) is 0 Å². The normalized spacial score (nSPS) is 23.4. The Hall–Kier alpha value is -1.24. The van der Waals surface area contributed by atoms with Crippen molar-refractivity contribution in [2.45, 2.75) is 38.6 Å². The zero-order valence-electron chi connectivity index (χ0n) is 11.6. The fourth-order valence-corrected chi connectivity index (χ4v) is 3.44. The number of nitrogens with zero attached hydrogens (tertiary/aromatic N) is 1. The molecule has 0 aromatic carbocycles. The Kier molecular flexibility index (Phi) is 4.57. The van der Waals surface area contributed by atoms with Gasteiger partial charge in [0.1, 0.15) is 6.04 Å². The molecule has 1 unspecified atom stereocenters. The maximum atomic E-state index is 12.2. The first-order valence-corrected chi connectivity index (χ1v) is 8.04. The van der Waals surface area contributed by atoms with Crippen LogP contribution in [0.1, 0.15) is 32.6 Å². The average Bonchev–Trinajstić information content (AvgIpc) is 3.04. The molecule has 20 heavy (non-hydrogen) atoms. The van der Waals surface area contributed by atoms with E-state index in [2.05, 4.69) is 5.32 Å². The largest absolute Gasteiger partial charge is 0.481 e. The summed E-state index contributed by atoms with van der Waals surface area (Å²) in [7, 11) is 0. The van der Waals surface area contributed by atoms with Crippen LogP contribution < -0.4 is 5.32 Å². The molecule has 112 valence electrons. The van der Waals surface area contributed by atoms with Gasteiger partial charge in [-0.15, -0.1) is 11.8 Å². The number of rotatable bonds is 6. The summed E-state index contributed by atoms with van der Waals surface area (Å²) in [5.41, 5.74) is -0.764. The summed E-state index contributed by atoms with van der Waals surface area (Å²) < 4.78 is 0. The first-order valence-electron chi connectivity index (χ1n) is 6.88.